The third-order valence-corrected chi connectivity index (χ3v) is 3.57. The summed E-state index contributed by atoms with van der Waals surface area (Å²) in [5, 5.41) is 11.8. The Labute approximate surface area is 125 Å². The number of rotatable bonds is 9. The van der Waals surface area contributed by atoms with Crippen LogP contribution in [0.3, 0.4) is 0 Å². The number of aromatic nitrogens is 3. The Balaban J connectivity index is 1.32. The number of hydrogen-bond donors (Lipinski definition) is 1. The van der Waals surface area contributed by atoms with Crippen molar-refractivity contribution in [1.82, 2.24) is 20.3 Å². The van der Waals surface area contributed by atoms with Crippen LogP contribution in [0.4, 0.5) is 0 Å². The number of benzene rings is 1. The highest BCUT2D eigenvalue weighted by molar-refractivity contribution is 5.20. The van der Waals surface area contributed by atoms with E-state index in [9.17, 15) is 0 Å². The van der Waals surface area contributed by atoms with Crippen LogP contribution >= 0.6 is 0 Å². The van der Waals surface area contributed by atoms with Gasteiger partial charge in [0.1, 0.15) is 5.75 Å². The summed E-state index contributed by atoms with van der Waals surface area (Å²) in [4.78, 5) is 0. The predicted octanol–water partition coefficient (Wildman–Crippen LogP) is 2.25. The first kappa shape index (κ1) is 14.1. The summed E-state index contributed by atoms with van der Waals surface area (Å²) in [7, 11) is 0. The molecule has 5 heteroatoms. The van der Waals surface area contributed by atoms with Gasteiger partial charge in [0.2, 0.25) is 0 Å². The molecule has 1 aliphatic rings. The topological polar surface area (TPSA) is 52.0 Å². The van der Waals surface area contributed by atoms with E-state index in [1.54, 1.807) is 0 Å². The van der Waals surface area contributed by atoms with E-state index in [-0.39, 0.29) is 0 Å². The van der Waals surface area contributed by atoms with Crippen LogP contribution in [-0.4, -0.2) is 28.1 Å². The molecule has 1 aromatic carbocycles. The molecule has 0 aliphatic heterocycles. The van der Waals surface area contributed by atoms with Gasteiger partial charge in [-0.2, -0.15) is 0 Å². The zero-order chi connectivity index (χ0) is 14.3. The van der Waals surface area contributed by atoms with Gasteiger partial charge in [-0.3, -0.25) is 4.68 Å². The second-order valence-electron chi connectivity index (χ2n) is 5.56. The normalized spacial score (nSPS) is 14.3. The molecule has 1 heterocycles. The fourth-order valence-corrected chi connectivity index (χ4v) is 2.19. The van der Waals surface area contributed by atoms with Crippen molar-refractivity contribution in [1.29, 1.82) is 0 Å². The summed E-state index contributed by atoms with van der Waals surface area (Å²) in [5.74, 6) is 1.82. The highest BCUT2D eigenvalue weighted by Gasteiger charge is 2.20. The smallest absolute Gasteiger partial charge is 0.119 e. The predicted molar refractivity (Wildman–Crippen MR) is 81.0 cm³/mol. The summed E-state index contributed by atoms with van der Waals surface area (Å²) in [5.41, 5.74) is 1.01. The number of ether oxygens (including phenoxy) is 1. The number of nitrogens with one attached hydrogen (secondary N) is 1. The molecule has 1 N–H and O–H groups in total. The van der Waals surface area contributed by atoms with Gasteiger partial charge in [0.25, 0.3) is 0 Å². The van der Waals surface area contributed by atoms with Gasteiger partial charge in [0.05, 0.1) is 12.3 Å². The van der Waals surface area contributed by atoms with Crippen LogP contribution < -0.4 is 10.1 Å². The van der Waals surface area contributed by atoms with Gasteiger partial charge in [-0.25, -0.2) is 0 Å². The van der Waals surface area contributed by atoms with Crippen molar-refractivity contribution in [2.45, 2.75) is 32.4 Å². The average molecular weight is 286 g/mol. The molecule has 1 aliphatic carbocycles. The molecule has 1 aromatic heterocycles. The summed E-state index contributed by atoms with van der Waals surface area (Å²) in [6.45, 7) is 3.45. The third kappa shape index (κ3) is 4.86. The minimum Gasteiger partial charge on any atom is -0.494 e. The standard InChI is InChI=1S/C16H22N4O/c1-2-5-16(6-3-1)21-10-4-9-20-13-15(18-19-20)12-17-11-14-7-8-14/h1-3,5-6,13-14,17H,4,7-12H2. The Morgan fingerprint density at radius 1 is 1.24 bits per heavy atom. The molecule has 0 unspecified atom stereocenters. The van der Waals surface area contributed by atoms with Gasteiger partial charge in [-0.05, 0) is 37.4 Å². The Kier molecular flexibility index (Phi) is 4.84. The Hall–Kier alpha value is -1.88. The fourth-order valence-electron chi connectivity index (χ4n) is 2.19. The molecule has 0 amide bonds. The van der Waals surface area contributed by atoms with E-state index in [4.69, 9.17) is 4.74 Å². The lowest BCUT2D eigenvalue weighted by Gasteiger charge is -2.05. The molecule has 1 fully saturated rings. The van der Waals surface area contributed by atoms with Crippen LogP contribution in [0.15, 0.2) is 36.5 Å². The van der Waals surface area contributed by atoms with Crippen LogP contribution in [0, 0.1) is 5.92 Å². The van der Waals surface area contributed by atoms with Crippen LogP contribution in [0.1, 0.15) is 25.0 Å². The second-order valence-corrected chi connectivity index (χ2v) is 5.56. The quantitative estimate of drug-likeness (QED) is 0.718. The lowest BCUT2D eigenvalue weighted by atomic mass is 10.3. The fraction of sp³-hybridized carbons (Fsp3) is 0.500. The van der Waals surface area contributed by atoms with E-state index >= 15 is 0 Å². The molecule has 2 aromatic rings. The molecule has 0 spiro atoms. The maximum Gasteiger partial charge on any atom is 0.119 e. The minimum atomic E-state index is 0.694. The van der Waals surface area contributed by atoms with Crippen LogP contribution in [0.5, 0.6) is 5.75 Å². The highest BCUT2D eigenvalue weighted by atomic mass is 16.5. The van der Waals surface area contributed by atoms with Crippen molar-refractivity contribution in [3.8, 4) is 5.75 Å². The van der Waals surface area contributed by atoms with Crippen molar-refractivity contribution in [3.63, 3.8) is 0 Å². The molecule has 0 bridgehead atoms. The Bertz CT molecular complexity index is 536. The number of para-hydroxylation sites is 1. The van der Waals surface area contributed by atoms with Gasteiger partial charge < -0.3 is 10.1 Å². The number of nitrogens with zero attached hydrogens (tertiary/aromatic N) is 3. The van der Waals surface area contributed by atoms with E-state index < -0.39 is 0 Å². The average Bonchev–Trinajstić information content (AvgIpc) is 3.23. The molecule has 21 heavy (non-hydrogen) atoms. The molecule has 3 rings (SSSR count). The Morgan fingerprint density at radius 3 is 2.90 bits per heavy atom. The van der Waals surface area contributed by atoms with Gasteiger partial charge in [-0.15, -0.1) is 5.10 Å². The van der Waals surface area contributed by atoms with Gasteiger partial charge in [0.15, 0.2) is 0 Å². The van der Waals surface area contributed by atoms with Gasteiger partial charge in [-0.1, -0.05) is 23.4 Å². The maximum atomic E-state index is 5.66. The monoisotopic (exact) mass is 286 g/mol. The molecule has 0 saturated heterocycles. The van der Waals surface area contributed by atoms with Crippen molar-refractivity contribution < 1.29 is 4.74 Å². The van der Waals surface area contributed by atoms with E-state index in [0.717, 1.165) is 43.4 Å². The minimum absolute atomic E-state index is 0.694. The maximum absolute atomic E-state index is 5.66. The zero-order valence-electron chi connectivity index (χ0n) is 12.2. The zero-order valence-corrected chi connectivity index (χ0v) is 12.2. The van der Waals surface area contributed by atoms with Crippen LogP contribution in [-0.2, 0) is 13.1 Å². The molecule has 1 saturated carbocycles. The largest absolute Gasteiger partial charge is 0.494 e. The van der Waals surface area contributed by atoms with Crippen molar-refractivity contribution >= 4 is 0 Å². The molecule has 5 nitrogen and oxygen atoms in total. The summed E-state index contributed by atoms with van der Waals surface area (Å²) >= 11 is 0. The van der Waals surface area contributed by atoms with Crippen molar-refractivity contribution in [3.05, 3.63) is 42.2 Å². The molecule has 0 atom stereocenters. The van der Waals surface area contributed by atoms with E-state index in [1.165, 1.54) is 12.8 Å². The number of hydrogen-bond acceptors (Lipinski definition) is 4. The molecular formula is C16H22N4O. The van der Waals surface area contributed by atoms with Crippen molar-refractivity contribution in [2.24, 2.45) is 5.92 Å². The van der Waals surface area contributed by atoms with E-state index in [0.29, 0.717) is 6.61 Å². The summed E-state index contributed by atoms with van der Waals surface area (Å²) in [6.07, 6.45) is 5.69. The molecular weight excluding hydrogens is 264 g/mol. The lowest BCUT2D eigenvalue weighted by molar-refractivity contribution is 0.298. The first-order valence-corrected chi connectivity index (χ1v) is 7.68. The second kappa shape index (κ2) is 7.22. The lowest BCUT2D eigenvalue weighted by Crippen LogP contribution is -2.16. The van der Waals surface area contributed by atoms with E-state index in [1.807, 2.05) is 41.2 Å². The molecule has 112 valence electrons. The van der Waals surface area contributed by atoms with Gasteiger partial charge >= 0.3 is 0 Å². The van der Waals surface area contributed by atoms with E-state index in [2.05, 4.69) is 15.6 Å². The number of aryl methyl sites for hydroxylation is 1. The SMILES string of the molecule is c1ccc(OCCCn2cc(CNCC3CC3)nn2)cc1. The van der Waals surface area contributed by atoms with Gasteiger partial charge in [0, 0.05) is 25.7 Å². The first-order valence-electron chi connectivity index (χ1n) is 7.68. The Morgan fingerprint density at radius 2 is 2.10 bits per heavy atom. The molecule has 0 radical (unpaired) electrons. The van der Waals surface area contributed by atoms with Crippen LogP contribution in [0.25, 0.3) is 0 Å². The van der Waals surface area contributed by atoms with Crippen molar-refractivity contribution in [2.75, 3.05) is 13.2 Å². The third-order valence-electron chi connectivity index (χ3n) is 3.57. The summed E-state index contributed by atoms with van der Waals surface area (Å²) in [6, 6.07) is 9.89. The highest BCUT2D eigenvalue weighted by Crippen LogP contribution is 2.27. The van der Waals surface area contributed by atoms with Crippen LogP contribution in [0.2, 0.25) is 0 Å². The first-order chi connectivity index (χ1) is 10.4. The summed E-state index contributed by atoms with van der Waals surface area (Å²) < 4.78 is 7.55.